The highest BCUT2D eigenvalue weighted by molar-refractivity contribution is 6.06. The molecule has 1 N–H and O–H groups in total. The van der Waals surface area contributed by atoms with Crippen molar-refractivity contribution in [3.8, 4) is 0 Å². The molecular formula is C12H10AlClN. The summed E-state index contributed by atoms with van der Waals surface area (Å²) in [6.07, 6.45) is 0. The summed E-state index contributed by atoms with van der Waals surface area (Å²) in [7, 11) is 0. The van der Waals surface area contributed by atoms with Gasteiger partial charge in [0.25, 0.3) is 0 Å². The molecule has 1 nitrogen and oxygen atoms in total. The number of halogens is 1. The maximum atomic E-state index is 3.38. The van der Waals surface area contributed by atoms with Gasteiger partial charge in [-0.1, -0.05) is 36.4 Å². The normalized spacial score (nSPS) is 9.60. The van der Waals surface area contributed by atoms with E-state index >= 15 is 0 Å². The van der Waals surface area contributed by atoms with Gasteiger partial charge in [-0.3, -0.25) is 0 Å². The number of aromatic amines is 1. The Morgan fingerprint density at radius 1 is 0.667 bits per heavy atom. The fourth-order valence-electron chi connectivity index (χ4n) is 1.80. The van der Waals surface area contributed by atoms with E-state index in [0.29, 0.717) is 0 Å². The molecule has 1 aromatic heterocycles. The summed E-state index contributed by atoms with van der Waals surface area (Å²) < 4.78 is 0. The molecule has 0 aliphatic heterocycles. The molecule has 73 valence electrons. The van der Waals surface area contributed by atoms with Crippen molar-refractivity contribution >= 4 is 51.6 Å². The Kier molecular flexibility index (Phi) is 3.82. The molecule has 0 unspecified atom stereocenters. The fraction of sp³-hybridized carbons (Fsp3) is 0. The Balaban J connectivity index is 0.000000562. The molecule has 0 amide bonds. The Hall–Kier alpha value is -0.938. The lowest BCUT2D eigenvalue weighted by atomic mass is 10.2. The van der Waals surface area contributed by atoms with Crippen molar-refractivity contribution in [2.75, 3.05) is 0 Å². The molecule has 3 aromatic rings. The topological polar surface area (TPSA) is 15.8 Å². The first-order valence-corrected chi connectivity index (χ1v) is 4.40. The van der Waals surface area contributed by atoms with Crippen LogP contribution in [-0.4, -0.2) is 22.3 Å². The Morgan fingerprint density at radius 3 is 1.53 bits per heavy atom. The minimum atomic E-state index is 0. The van der Waals surface area contributed by atoms with Gasteiger partial charge in [-0.15, -0.1) is 12.4 Å². The predicted octanol–water partition coefficient (Wildman–Crippen LogP) is 3.36. The van der Waals surface area contributed by atoms with Crippen molar-refractivity contribution in [3.05, 3.63) is 48.5 Å². The number of aromatic nitrogens is 1. The van der Waals surface area contributed by atoms with E-state index in [4.69, 9.17) is 0 Å². The lowest BCUT2D eigenvalue weighted by molar-refractivity contribution is 1.55. The van der Waals surface area contributed by atoms with Crippen LogP contribution in [0.3, 0.4) is 0 Å². The molecule has 15 heavy (non-hydrogen) atoms. The molecule has 0 aliphatic rings. The van der Waals surface area contributed by atoms with Gasteiger partial charge < -0.3 is 4.98 Å². The zero-order valence-corrected chi connectivity index (χ0v) is 10.1. The summed E-state index contributed by atoms with van der Waals surface area (Å²) in [5.74, 6) is 0. The Bertz CT molecular complexity index is 523. The van der Waals surface area contributed by atoms with E-state index < -0.39 is 0 Å². The van der Waals surface area contributed by atoms with Crippen LogP contribution < -0.4 is 0 Å². The first-order valence-electron chi connectivity index (χ1n) is 4.40. The van der Waals surface area contributed by atoms with Crippen LogP contribution in [0.2, 0.25) is 0 Å². The number of benzene rings is 2. The van der Waals surface area contributed by atoms with E-state index in [1.165, 1.54) is 21.8 Å². The van der Waals surface area contributed by atoms with Crippen molar-refractivity contribution in [1.29, 1.82) is 0 Å². The molecule has 1 heterocycles. The molecule has 3 radical (unpaired) electrons. The molecule has 2 aromatic carbocycles. The standard InChI is InChI=1S/C12H9N.Al.ClH/c1-3-7-11-9(5-1)10-6-2-4-8-12(10)13-11;;/h1-8,13H;;1H. The third-order valence-electron chi connectivity index (χ3n) is 2.41. The largest absolute Gasteiger partial charge is 0.355 e. The van der Waals surface area contributed by atoms with Crippen LogP contribution in [0.1, 0.15) is 0 Å². The SMILES string of the molecule is Cl.[Al].c1ccc2c(c1)[nH]c1ccccc12. The monoisotopic (exact) mass is 230 g/mol. The summed E-state index contributed by atoms with van der Waals surface area (Å²) in [5, 5.41) is 2.61. The molecule has 0 spiro atoms. The number of H-pyrrole nitrogens is 1. The maximum absolute atomic E-state index is 3.38. The van der Waals surface area contributed by atoms with E-state index in [9.17, 15) is 0 Å². The Labute approximate surface area is 105 Å². The Morgan fingerprint density at radius 2 is 1.07 bits per heavy atom. The van der Waals surface area contributed by atoms with Gasteiger partial charge in [-0.2, -0.15) is 0 Å². The summed E-state index contributed by atoms with van der Waals surface area (Å²) in [6, 6.07) is 16.8. The fourth-order valence-corrected chi connectivity index (χ4v) is 1.80. The van der Waals surface area contributed by atoms with E-state index in [0.717, 1.165) is 0 Å². The predicted molar refractivity (Wildman–Crippen MR) is 68.8 cm³/mol. The summed E-state index contributed by atoms with van der Waals surface area (Å²) in [6.45, 7) is 0. The molecule has 0 aliphatic carbocycles. The molecule has 0 fully saturated rings. The zero-order valence-electron chi connectivity index (χ0n) is 8.10. The second-order valence-corrected chi connectivity index (χ2v) is 3.22. The van der Waals surface area contributed by atoms with Crippen molar-refractivity contribution in [3.63, 3.8) is 0 Å². The highest BCUT2D eigenvalue weighted by Crippen LogP contribution is 2.24. The van der Waals surface area contributed by atoms with Crippen molar-refractivity contribution in [2.24, 2.45) is 0 Å². The third-order valence-corrected chi connectivity index (χ3v) is 2.41. The van der Waals surface area contributed by atoms with Gasteiger partial charge in [0.15, 0.2) is 0 Å². The number of para-hydroxylation sites is 2. The van der Waals surface area contributed by atoms with Gasteiger partial charge >= 0.3 is 0 Å². The van der Waals surface area contributed by atoms with Crippen LogP contribution in [0.4, 0.5) is 0 Å². The smallest absolute Gasteiger partial charge is 0.0464 e. The van der Waals surface area contributed by atoms with Gasteiger partial charge in [-0.05, 0) is 12.1 Å². The molecule has 0 bridgehead atoms. The number of fused-ring (bicyclic) bond motifs is 3. The van der Waals surface area contributed by atoms with Crippen LogP contribution in [0.25, 0.3) is 21.8 Å². The lowest BCUT2D eigenvalue weighted by Crippen LogP contribution is -1.62. The maximum Gasteiger partial charge on any atom is 0.0464 e. The van der Waals surface area contributed by atoms with Crippen LogP contribution in [-0.2, 0) is 0 Å². The van der Waals surface area contributed by atoms with Crippen LogP contribution in [0, 0.1) is 0 Å². The lowest BCUT2D eigenvalue weighted by Gasteiger charge is -1.87. The molecular weight excluding hydrogens is 221 g/mol. The average Bonchev–Trinajstić information content (AvgIpc) is 2.56. The van der Waals surface area contributed by atoms with Crippen molar-refractivity contribution in [1.82, 2.24) is 4.98 Å². The number of rotatable bonds is 0. The van der Waals surface area contributed by atoms with E-state index in [1.807, 2.05) is 0 Å². The molecule has 0 saturated heterocycles. The third kappa shape index (κ3) is 1.89. The van der Waals surface area contributed by atoms with Gasteiger partial charge in [0.1, 0.15) is 0 Å². The van der Waals surface area contributed by atoms with E-state index in [-0.39, 0.29) is 29.8 Å². The quantitative estimate of drug-likeness (QED) is 0.570. The number of hydrogen-bond acceptors (Lipinski definition) is 0. The number of hydrogen-bond donors (Lipinski definition) is 1. The van der Waals surface area contributed by atoms with Crippen LogP contribution >= 0.6 is 12.4 Å². The van der Waals surface area contributed by atoms with Gasteiger partial charge in [-0.25, -0.2) is 0 Å². The van der Waals surface area contributed by atoms with Crippen molar-refractivity contribution < 1.29 is 0 Å². The summed E-state index contributed by atoms with van der Waals surface area (Å²) in [5.41, 5.74) is 2.42. The first kappa shape index (κ1) is 12.1. The molecule has 3 rings (SSSR count). The highest BCUT2D eigenvalue weighted by atomic mass is 35.5. The van der Waals surface area contributed by atoms with Crippen LogP contribution in [0.5, 0.6) is 0 Å². The second-order valence-electron chi connectivity index (χ2n) is 3.22. The highest BCUT2D eigenvalue weighted by Gasteiger charge is 2.00. The zero-order chi connectivity index (χ0) is 8.67. The van der Waals surface area contributed by atoms with Gasteiger partial charge in [0.05, 0.1) is 0 Å². The van der Waals surface area contributed by atoms with Gasteiger partial charge in [0.2, 0.25) is 0 Å². The molecule has 3 heteroatoms. The molecule has 0 atom stereocenters. The van der Waals surface area contributed by atoms with Crippen LogP contribution in [0.15, 0.2) is 48.5 Å². The minimum absolute atomic E-state index is 0. The average molecular weight is 231 g/mol. The summed E-state index contributed by atoms with van der Waals surface area (Å²) >= 11 is 0. The van der Waals surface area contributed by atoms with Gasteiger partial charge in [0, 0.05) is 39.2 Å². The number of nitrogens with one attached hydrogen (secondary N) is 1. The van der Waals surface area contributed by atoms with E-state index in [2.05, 4.69) is 53.5 Å². The molecule has 0 saturated carbocycles. The summed E-state index contributed by atoms with van der Waals surface area (Å²) in [4.78, 5) is 3.38. The van der Waals surface area contributed by atoms with E-state index in [1.54, 1.807) is 0 Å². The minimum Gasteiger partial charge on any atom is -0.355 e. The first-order chi connectivity index (χ1) is 6.45. The second kappa shape index (κ2) is 4.72. The van der Waals surface area contributed by atoms with Crippen molar-refractivity contribution in [2.45, 2.75) is 0 Å².